The number of benzene rings is 1. The molecule has 0 unspecified atom stereocenters. The van der Waals surface area contributed by atoms with Gasteiger partial charge in [0.2, 0.25) is 0 Å². The van der Waals surface area contributed by atoms with Crippen LogP contribution in [0, 0.1) is 6.92 Å². The first kappa shape index (κ1) is 11.9. The van der Waals surface area contributed by atoms with E-state index in [0.29, 0.717) is 0 Å². The fraction of sp³-hybridized carbons (Fsp3) is 0.538. The molecule has 0 fully saturated rings. The molecule has 0 aromatic heterocycles. The number of rotatable bonds is 6. The van der Waals surface area contributed by atoms with E-state index < -0.39 is 0 Å². The Hall–Kier alpha value is -1.18. The maximum Gasteiger partial charge on any atom is 0.142 e. The number of hydrogen-bond acceptors (Lipinski definition) is 2. The minimum atomic E-state index is 0.937. The van der Waals surface area contributed by atoms with Crippen molar-refractivity contribution < 1.29 is 4.74 Å². The fourth-order valence-corrected chi connectivity index (χ4v) is 1.54. The summed E-state index contributed by atoms with van der Waals surface area (Å²) in [6, 6.07) is 6.24. The Bertz CT molecular complexity index is 297. The van der Waals surface area contributed by atoms with Crippen molar-refractivity contribution in [3.8, 4) is 5.75 Å². The molecular formula is C13H21NO. The SMILES string of the molecule is CCCCCNc1ccc(C)cc1OC. The van der Waals surface area contributed by atoms with Crippen LogP contribution in [0.2, 0.25) is 0 Å². The molecule has 84 valence electrons. The minimum absolute atomic E-state index is 0.937. The van der Waals surface area contributed by atoms with Gasteiger partial charge in [0, 0.05) is 6.54 Å². The third-order valence-corrected chi connectivity index (χ3v) is 2.45. The number of aryl methyl sites for hydroxylation is 1. The summed E-state index contributed by atoms with van der Waals surface area (Å²) < 4.78 is 5.32. The Kier molecular flexibility index (Phi) is 5.02. The molecule has 1 N–H and O–H groups in total. The molecule has 0 heterocycles. The number of methoxy groups -OCH3 is 1. The normalized spacial score (nSPS) is 10.1. The third kappa shape index (κ3) is 3.82. The van der Waals surface area contributed by atoms with E-state index in [4.69, 9.17) is 4.74 Å². The summed E-state index contributed by atoms with van der Waals surface area (Å²) >= 11 is 0. The van der Waals surface area contributed by atoms with Crippen LogP contribution in [0.25, 0.3) is 0 Å². The van der Waals surface area contributed by atoms with E-state index in [2.05, 4.69) is 37.4 Å². The molecule has 0 saturated carbocycles. The highest BCUT2D eigenvalue weighted by Crippen LogP contribution is 2.25. The van der Waals surface area contributed by atoms with Gasteiger partial charge in [0.25, 0.3) is 0 Å². The summed E-state index contributed by atoms with van der Waals surface area (Å²) in [5.74, 6) is 0.937. The second kappa shape index (κ2) is 6.33. The van der Waals surface area contributed by atoms with Crippen molar-refractivity contribution in [2.75, 3.05) is 19.0 Å². The van der Waals surface area contributed by atoms with Crippen molar-refractivity contribution in [3.63, 3.8) is 0 Å². The zero-order valence-corrected chi connectivity index (χ0v) is 9.97. The molecule has 0 radical (unpaired) electrons. The van der Waals surface area contributed by atoms with E-state index in [1.165, 1.54) is 24.8 Å². The molecule has 1 rings (SSSR count). The van der Waals surface area contributed by atoms with Crippen LogP contribution < -0.4 is 10.1 Å². The molecule has 0 atom stereocenters. The predicted molar refractivity (Wildman–Crippen MR) is 65.7 cm³/mol. The van der Waals surface area contributed by atoms with Crippen molar-refractivity contribution in [1.82, 2.24) is 0 Å². The van der Waals surface area contributed by atoms with Gasteiger partial charge in [-0.25, -0.2) is 0 Å². The molecule has 0 aliphatic rings. The first-order valence-electron chi connectivity index (χ1n) is 5.66. The molecule has 0 amide bonds. The lowest BCUT2D eigenvalue weighted by atomic mass is 10.2. The number of nitrogens with one attached hydrogen (secondary N) is 1. The average Bonchev–Trinajstić information content (AvgIpc) is 2.26. The van der Waals surface area contributed by atoms with E-state index in [1.807, 2.05) is 0 Å². The van der Waals surface area contributed by atoms with Crippen molar-refractivity contribution in [1.29, 1.82) is 0 Å². The van der Waals surface area contributed by atoms with Crippen molar-refractivity contribution in [3.05, 3.63) is 23.8 Å². The quantitative estimate of drug-likeness (QED) is 0.719. The highest BCUT2D eigenvalue weighted by atomic mass is 16.5. The number of anilines is 1. The van der Waals surface area contributed by atoms with Crippen LogP contribution in [-0.2, 0) is 0 Å². The van der Waals surface area contributed by atoms with Crippen molar-refractivity contribution in [2.45, 2.75) is 33.1 Å². The van der Waals surface area contributed by atoms with Crippen LogP contribution in [0.4, 0.5) is 5.69 Å². The highest BCUT2D eigenvalue weighted by molar-refractivity contribution is 5.57. The van der Waals surface area contributed by atoms with Crippen LogP contribution >= 0.6 is 0 Å². The molecular weight excluding hydrogens is 186 g/mol. The van der Waals surface area contributed by atoms with Gasteiger partial charge in [-0.05, 0) is 31.0 Å². The first-order chi connectivity index (χ1) is 7.27. The highest BCUT2D eigenvalue weighted by Gasteiger charge is 2.01. The zero-order chi connectivity index (χ0) is 11.1. The van der Waals surface area contributed by atoms with Gasteiger partial charge in [-0.1, -0.05) is 25.8 Å². The van der Waals surface area contributed by atoms with Crippen LogP contribution in [-0.4, -0.2) is 13.7 Å². The Morgan fingerprint density at radius 2 is 2.07 bits per heavy atom. The van der Waals surface area contributed by atoms with Gasteiger partial charge in [-0.3, -0.25) is 0 Å². The molecule has 2 heteroatoms. The standard InChI is InChI=1S/C13H21NO/c1-4-5-6-9-14-12-8-7-11(2)10-13(12)15-3/h7-8,10,14H,4-6,9H2,1-3H3. The van der Waals surface area contributed by atoms with E-state index in [1.54, 1.807) is 7.11 Å². The van der Waals surface area contributed by atoms with E-state index in [-0.39, 0.29) is 0 Å². The maximum atomic E-state index is 5.32. The zero-order valence-electron chi connectivity index (χ0n) is 9.97. The van der Waals surface area contributed by atoms with Gasteiger partial charge >= 0.3 is 0 Å². The summed E-state index contributed by atoms with van der Waals surface area (Å²) in [5.41, 5.74) is 2.32. The Labute approximate surface area is 92.6 Å². The number of hydrogen-bond donors (Lipinski definition) is 1. The van der Waals surface area contributed by atoms with Crippen LogP contribution in [0.5, 0.6) is 5.75 Å². The molecule has 1 aromatic carbocycles. The summed E-state index contributed by atoms with van der Waals surface area (Å²) in [6.45, 7) is 5.31. The third-order valence-electron chi connectivity index (χ3n) is 2.45. The minimum Gasteiger partial charge on any atom is -0.495 e. The maximum absolute atomic E-state index is 5.32. The molecule has 0 spiro atoms. The molecule has 0 saturated heterocycles. The molecule has 2 nitrogen and oxygen atoms in total. The summed E-state index contributed by atoms with van der Waals surface area (Å²) in [5, 5.41) is 3.40. The van der Waals surface area contributed by atoms with Gasteiger partial charge in [-0.2, -0.15) is 0 Å². The van der Waals surface area contributed by atoms with Gasteiger partial charge in [0.05, 0.1) is 12.8 Å². The Morgan fingerprint density at radius 3 is 2.73 bits per heavy atom. The Balaban J connectivity index is 2.52. The summed E-state index contributed by atoms with van der Waals surface area (Å²) in [7, 11) is 1.71. The van der Waals surface area contributed by atoms with Gasteiger partial charge in [0.15, 0.2) is 0 Å². The lowest BCUT2D eigenvalue weighted by Gasteiger charge is -2.11. The van der Waals surface area contributed by atoms with Crippen LogP contribution in [0.15, 0.2) is 18.2 Å². The van der Waals surface area contributed by atoms with Crippen molar-refractivity contribution in [2.24, 2.45) is 0 Å². The van der Waals surface area contributed by atoms with Crippen LogP contribution in [0.1, 0.15) is 31.7 Å². The number of ether oxygens (including phenoxy) is 1. The smallest absolute Gasteiger partial charge is 0.142 e. The predicted octanol–water partition coefficient (Wildman–Crippen LogP) is 3.61. The van der Waals surface area contributed by atoms with Crippen molar-refractivity contribution >= 4 is 5.69 Å². The van der Waals surface area contributed by atoms with E-state index >= 15 is 0 Å². The average molecular weight is 207 g/mol. The fourth-order valence-electron chi connectivity index (χ4n) is 1.54. The van der Waals surface area contributed by atoms with Gasteiger partial charge < -0.3 is 10.1 Å². The lowest BCUT2D eigenvalue weighted by molar-refractivity contribution is 0.416. The summed E-state index contributed by atoms with van der Waals surface area (Å²) in [6.07, 6.45) is 3.75. The van der Waals surface area contributed by atoms with Gasteiger partial charge in [-0.15, -0.1) is 0 Å². The largest absolute Gasteiger partial charge is 0.495 e. The van der Waals surface area contributed by atoms with Gasteiger partial charge in [0.1, 0.15) is 5.75 Å². The van der Waals surface area contributed by atoms with E-state index in [0.717, 1.165) is 18.0 Å². The molecule has 0 bridgehead atoms. The van der Waals surface area contributed by atoms with E-state index in [9.17, 15) is 0 Å². The molecule has 0 aliphatic heterocycles. The molecule has 15 heavy (non-hydrogen) atoms. The topological polar surface area (TPSA) is 21.3 Å². The second-order valence-electron chi connectivity index (χ2n) is 3.84. The monoisotopic (exact) mass is 207 g/mol. The molecule has 1 aromatic rings. The molecule has 0 aliphatic carbocycles. The lowest BCUT2D eigenvalue weighted by Crippen LogP contribution is -2.03. The first-order valence-corrected chi connectivity index (χ1v) is 5.66. The van der Waals surface area contributed by atoms with Crippen LogP contribution in [0.3, 0.4) is 0 Å². The summed E-state index contributed by atoms with van der Waals surface area (Å²) in [4.78, 5) is 0. The second-order valence-corrected chi connectivity index (χ2v) is 3.84. The number of unbranched alkanes of at least 4 members (excludes halogenated alkanes) is 2. The Morgan fingerprint density at radius 1 is 1.27 bits per heavy atom.